The van der Waals surface area contributed by atoms with Gasteiger partial charge in [-0.15, -0.1) is 0 Å². The number of nitrogens with one attached hydrogen (secondary N) is 1. The van der Waals surface area contributed by atoms with Crippen LogP contribution in [0.5, 0.6) is 0 Å². The molecule has 2 aromatic rings. The molecule has 1 amide bonds. The van der Waals surface area contributed by atoms with E-state index in [1.54, 1.807) is 36.7 Å². The molecule has 4 atom stereocenters. The van der Waals surface area contributed by atoms with Crippen LogP contribution in [0.3, 0.4) is 0 Å². The van der Waals surface area contributed by atoms with Crippen LogP contribution in [0.4, 0.5) is 4.39 Å². The topological polar surface area (TPSA) is 72.0 Å². The number of hydrogen-bond donors (Lipinski definition) is 1. The highest BCUT2D eigenvalue weighted by Gasteiger charge is 2.48. The van der Waals surface area contributed by atoms with E-state index < -0.39 is 11.8 Å². The van der Waals surface area contributed by atoms with Crippen molar-refractivity contribution in [3.05, 3.63) is 66.0 Å². The molecule has 2 fully saturated rings. The lowest BCUT2D eigenvalue weighted by Gasteiger charge is -2.45. The second-order valence-electron chi connectivity index (χ2n) is 7.50. The van der Waals surface area contributed by atoms with Gasteiger partial charge in [-0.05, 0) is 42.5 Å². The lowest BCUT2D eigenvalue weighted by atomic mass is 9.64. The summed E-state index contributed by atoms with van der Waals surface area (Å²) in [6.07, 6.45) is 11.4. The maximum Gasteiger partial charge on any atom is 0.231 e. The van der Waals surface area contributed by atoms with Gasteiger partial charge in [-0.2, -0.15) is 0 Å². The molecule has 6 heteroatoms. The summed E-state index contributed by atoms with van der Waals surface area (Å²) in [4.78, 5) is 33.8. The van der Waals surface area contributed by atoms with Gasteiger partial charge < -0.3 is 5.32 Å². The van der Waals surface area contributed by atoms with Crippen molar-refractivity contribution in [2.45, 2.75) is 37.6 Å². The number of fused-ring (bicyclic) bond motifs is 1. The van der Waals surface area contributed by atoms with Gasteiger partial charge in [0.05, 0.1) is 0 Å². The quantitative estimate of drug-likeness (QED) is 0.654. The number of amides is 1. The summed E-state index contributed by atoms with van der Waals surface area (Å²) in [5, 5.41) is 3.03. The molecular formula is C22H22FN3O2. The van der Waals surface area contributed by atoms with Crippen molar-refractivity contribution in [2.24, 2.45) is 11.8 Å². The van der Waals surface area contributed by atoms with Crippen molar-refractivity contribution in [3.63, 3.8) is 0 Å². The summed E-state index contributed by atoms with van der Waals surface area (Å²) in [7, 11) is 0. The average Bonchev–Trinajstić information content (AvgIpc) is 2.72. The Labute approximate surface area is 163 Å². The average molecular weight is 379 g/mol. The van der Waals surface area contributed by atoms with Crippen LogP contribution in [0, 0.1) is 17.7 Å². The number of piperidine rings is 1. The summed E-state index contributed by atoms with van der Waals surface area (Å²) in [6.45, 7) is 0. The predicted octanol–water partition coefficient (Wildman–Crippen LogP) is 3.29. The Morgan fingerprint density at radius 2 is 1.89 bits per heavy atom. The second-order valence-corrected chi connectivity index (χ2v) is 7.50. The molecule has 4 rings (SSSR count). The highest BCUT2D eigenvalue weighted by atomic mass is 19.1. The minimum Gasteiger partial charge on any atom is -0.352 e. The molecule has 4 unspecified atom stereocenters. The lowest BCUT2D eigenvalue weighted by Crippen LogP contribution is -2.56. The lowest BCUT2D eigenvalue weighted by molar-refractivity contribution is -0.137. The van der Waals surface area contributed by atoms with Gasteiger partial charge in [-0.1, -0.05) is 31.0 Å². The normalized spacial score (nSPS) is 27.2. The zero-order valence-corrected chi connectivity index (χ0v) is 15.4. The number of carbonyl (C=O) groups is 2. The van der Waals surface area contributed by atoms with Crippen LogP contribution in [-0.2, 0) is 9.59 Å². The summed E-state index contributed by atoms with van der Waals surface area (Å²) in [6, 6.07) is 6.51. The number of carbonyl (C=O) groups excluding carboxylic acids is 2. The Morgan fingerprint density at radius 3 is 2.68 bits per heavy atom. The number of aromatic nitrogens is 2. The first-order valence-electron chi connectivity index (χ1n) is 9.67. The standard InChI is InChI=1S/C22H22FN3O2/c23-17-7-3-1-5-15(17)20-16-6-2-4-8-18(16)26-22(28)21(20)19(27)10-9-14-11-24-13-25-12-14/h1,3,5,7,9-13,16,18,20-21H,2,4,6,8H2,(H,26,28)/b10-9+. The van der Waals surface area contributed by atoms with Crippen LogP contribution in [0.1, 0.15) is 42.7 Å². The molecule has 0 bridgehead atoms. The van der Waals surface area contributed by atoms with Crippen molar-refractivity contribution in [3.8, 4) is 0 Å². The van der Waals surface area contributed by atoms with Gasteiger partial charge in [0.25, 0.3) is 0 Å². The minimum absolute atomic E-state index is 0.00130. The molecule has 1 aromatic carbocycles. The second kappa shape index (κ2) is 8.00. The molecule has 2 aliphatic rings. The van der Waals surface area contributed by atoms with E-state index in [9.17, 15) is 14.0 Å². The van der Waals surface area contributed by atoms with Crippen LogP contribution in [0.25, 0.3) is 6.08 Å². The van der Waals surface area contributed by atoms with Crippen molar-refractivity contribution >= 4 is 17.8 Å². The SMILES string of the molecule is O=C(/C=C/c1cncnc1)C1C(=O)NC2CCCCC2C1c1ccccc1F. The molecule has 28 heavy (non-hydrogen) atoms. The van der Waals surface area contributed by atoms with Crippen molar-refractivity contribution < 1.29 is 14.0 Å². The molecule has 1 aliphatic heterocycles. The van der Waals surface area contributed by atoms with Crippen LogP contribution in [-0.4, -0.2) is 27.7 Å². The Bertz CT molecular complexity index is 900. The third-order valence-electron chi connectivity index (χ3n) is 5.84. The molecule has 1 saturated heterocycles. The largest absolute Gasteiger partial charge is 0.352 e. The fourth-order valence-electron chi connectivity index (χ4n) is 4.59. The van der Waals surface area contributed by atoms with E-state index in [4.69, 9.17) is 0 Å². The third-order valence-corrected chi connectivity index (χ3v) is 5.84. The van der Waals surface area contributed by atoms with E-state index in [2.05, 4.69) is 15.3 Å². The number of ketones is 1. The molecule has 5 nitrogen and oxygen atoms in total. The van der Waals surface area contributed by atoms with E-state index in [-0.39, 0.29) is 29.5 Å². The van der Waals surface area contributed by atoms with E-state index in [0.29, 0.717) is 11.1 Å². The Kier molecular flexibility index (Phi) is 5.28. The van der Waals surface area contributed by atoms with Gasteiger partial charge in [0.2, 0.25) is 5.91 Å². The number of halogens is 1. The van der Waals surface area contributed by atoms with Gasteiger partial charge in [0, 0.05) is 29.9 Å². The van der Waals surface area contributed by atoms with Crippen molar-refractivity contribution in [1.82, 2.24) is 15.3 Å². The zero-order valence-electron chi connectivity index (χ0n) is 15.4. The number of rotatable bonds is 4. The van der Waals surface area contributed by atoms with Crippen LogP contribution in [0.2, 0.25) is 0 Å². The summed E-state index contributed by atoms with van der Waals surface area (Å²) < 4.78 is 14.7. The predicted molar refractivity (Wildman–Crippen MR) is 103 cm³/mol. The number of hydrogen-bond acceptors (Lipinski definition) is 4. The highest BCUT2D eigenvalue weighted by Crippen LogP contribution is 2.45. The van der Waals surface area contributed by atoms with E-state index in [1.165, 1.54) is 18.5 Å². The maximum atomic E-state index is 14.7. The summed E-state index contributed by atoms with van der Waals surface area (Å²) in [5.41, 5.74) is 1.13. The van der Waals surface area contributed by atoms with Crippen molar-refractivity contribution in [2.75, 3.05) is 0 Å². The van der Waals surface area contributed by atoms with Gasteiger partial charge in [-0.3, -0.25) is 9.59 Å². The summed E-state index contributed by atoms with van der Waals surface area (Å²) >= 11 is 0. The van der Waals surface area contributed by atoms with Gasteiger partial charge >= 0.3 is 0 Å². The highest BCUT2D eigenvalue weighted by molar-refractivity contribution is 6.09. The van der Waals surface area contributed by atoms with Gasteiger partial charge in [-0.25, -0.2) is 14.4 Å². The van der Waals surface area contributed by atoms with Crippen molar-refractivity contribution in [1.29, 1.82) is 0 Å². The fraction of sp³-hybridized carbons (Fsp3) is 0.364. The molecule has 2 heterocycles. The van der Waals surface area contributed by atoms with E-state index >= 15 is 0 Å². The van der Waals surface area contributed by atoms with Gasteiger partial charge in [0.15, 0.2) is 5.78 Å². The molecule has 1 aliphatic carbocycles. The smallest absolute Gasteiger partial charge is 0.231 e. The Balaban J connectivity index is 1.70. The molecule has 1 aromatic heterocycles. The maximum absolute atomic E-state index is 14.7. The zero-order chi connectivity index (χ0) is 19.5. The van der Waals surface area contributed by atoms with E-state index in [1.807, 2.05) is 0 Å². The number of allylic oxidation sites excluding steroid dienone is 1. The first-order chi connectivity index (χ1) is 13.6. The molecule has 1 saturated carbocycles. The Morgan fingerprint density at radius 1 is 1.14 bits per heavy atom. The first kappa shape index (κ1) is 18.5. The third kappa shape index (κ3) is 3.59. The Hall–Kier alpha value is -2.89. The van der Waals surface area contributed by atoms with Crippen LogP contribution >= 0.6 is 0 Å². The number of benzene rings is 1. The molecular weight excluding hydrogens is 357 g/mol. The summed E-state index contributed by atoms with van der Waals surface area (Å²) in [5.74, 6) is -2.31. The minimum atomic E-state index is -0.933. The first-order valence-corrected chi connectivity index (χ1v) is 9.67. The fourth-order valence-corrected chi connectivity index (χ4v) is 4.59. The molecule has 0 spiro atoms. The van der Waals surface area contributed by atoms with Gasteiger partial charge in [0.1, 0.15) is 18.1 Å². The molecule has 1 N–H and O–H groups in total. The molecule has 144 valence electrons. The molecule has 0 radical (unpaired) electrons. The monoisotopic (exact) mass is 379 g/mol. The van der Waals surface area contributed by atoms with Crippen LogP contribution < -0.4 is 5.32 Å². The van der Waals surface area contributed by atoms with Crippen LogP contribution in [0.15, 0.2) is 49.1 Å². The van der Waals surface area contributed by atoms with E-state index in [0.717, 1.165) is 25.7 Å². The number of nitrogens with zero attached hydrogens (tertiary/aromatic N) is 2.